The molecule has 1 atom stereocenters. The number of ether oxygens (including phenoxy) is 1. The molecule has 0 bridgehead atoms. The van der Waals surface area contributed by atoms with E-state index in [4.69, 9.17) is 10.5 Å². The Bertz CT molecular complexity index is 292. The quantitative estimate of drug-likeness (QED) is 0.865. The molecule has 0 spiro atoms. The Morgan fingerprint density at radius 3 is 2.45 bits per heavy atom. The lowest BCUT2D eigenvalue weighted by Gasteiger charge is -2.40. The molecule has 0 amide bonds. The number of nitrogens with two attached hydrogens (primary N) is 1. The zero-order valence-electron chi connectivity index (χ0n) is 13.8. The highest BCUT2D eigenvalue weighted by Gasteiger charge is 2.34. The van der Waals surface area contributed by atoms with Crippen LogP contribution in [0.15, 0.2) is 0 Å². The summed E-state index contributed by atoms with van der Waals surface area (Å²) in [6, 6.07) is 0. The van der Waals surface area contributed by atoms with E-state index < -0.39 is 0 Å². The van der Waals surface area contributed by atoms with Crippen LogP contribution >= 0.6 is 0 Å². The van der Waals surface area contributed by atoms with E-state index in [0.717, 1.165) is 38.5 Å². The van der Waals surface area contributed by atoms with Crippen LogP contribution in [0.2, 0.25) is 0 Å². The fraction of sp³-hybridized carbons (Fsp3) is 1.00. The molecule has 2 saturated heterocycles. The minimum absolute atomic E-state index is 0.319. The minimum atomic E-state index is 0.319. The van der Waals surface area contributed by atoms with Gasteiger partial charge in [-0.3, -0.25) is 0 Å². The molecule has 118 valence electrons. The summed E-state index contributed by atoms with van der Waals surface area (Å²) in [5.41, 5.74) is 6.89. The summed E-state index contributed by atoms with van der Waals surface area (Å²) in [6.07, 6.45) is 6.36. The Labute approximate surface area is 125 Å². The Balaban J connectivity index is 1.90. The first-order valence-electron chi connectivity index (χ1n) is 8.45. The van der Waals surface area contributed by atoms with Gasteiger partial charge in [0.2, 0.25) is 0 Å². The molecule has 2 aliphatic rings. The van der Waals surface area contributed by atoms with Crippen LogP contribution in [0.25, 0.3) is 0 Å². The predicted octanol–water partition coefficient (Wildman–Crippen LogP) is 2.89. The molecule has 0 saturated carbocycles. The van der Waals surface area contributed by atoms with Gasteiger partial charge in [-0.15, -0.1) is 0 Å². The summed E-state index contributed by atoms with van der Waals surface area (Å²) >= 11 is 0. The van der Waals surface area contributed by atoms with E-state index in [1.807, 2.05) is 0 Å². The lowest BCUT2D eigenvalue weighted by molar-refractivity contribution is 0.0000333. The number of likely N-dealkylation sites (tertiary alicyclic amines) is 1. The third-order valence-electron chi connectivity index (χ3n) is 5.59. The largest absolute Gasteiger partial charge is 0.381 e. The summed E-state index contributed by atoms with van der Waals surface area (Å²) in [7, 11) is 0. The fourth-order valence-electron chi connectivity index (χ4n) is 3.89. The van der Waals surface area contributed by atoms with Crippen LogP contribution in [0.3, 0.4) is 0 Å². The van der Waals surface area contributed by atoms with Crippen molar-refractivity contribution in [2.75, 3.05) is 39.4 Å². The second kappa shape index (κ2) is 6.76. The van der Waals surface area contributed by atoms with E-state index in [0.29, 0.717) is 10.8 Å². The van der Waals surface area contributed by atoms with E-state index >= 15 is 0 Å². The normalized spacial score (nSPS) is 29.1. The van der Waals surface area contributed by atoms with Crippen LogP contribution in [-0.2, 0) is 4.74 Å². The Hall–Kier alpha value is -0.120. The van der Waals surface area contributed by atoms with Gasteiger partial charge in [0.15, 0.2) is 0 Å². The summed E-state index contributed by atoms with van der Waals surface area (Å²) in [6.45, 7) is 13.5. The lowest BCUT2D eigenvalue weighted by atomic mass is 9.76. The van der Waals surface area contributed by atoms with Gasteiger partial charge in [-0.05, 0) is 68.5 Å². The maximum atomic E-state index is 6.11. The van der Waals surface area contributed by atoms with Crippen molar-refractivity contribution in [3.8, 4) is 0 Å². The van der Waals surface area contributed by atoms with Gasteiger partial charge in [-0.25, -0.2) is 0 Å². The molecule has 2 heterocycles. The van der Waals surface area contributed by atoms with Crippen molar-refractivity contribution in [3.05, 3.63) is 0 Å². The molecular formula is C17H34N2O. The van der Waals surface area contributed by atoms with Gasteiger partial charge in [0, 0.05) is 19.8 Å². The first-order chi connectivity index (χ1) is 9.45. The maximum absolute atomic E-state index is 6.11. The summed E-state index contributed by atoms with van der Waals surface area (Å²) < 4.78 is 5.53. The van der Waals surface area contributed by atoms with Gasteiger partial charge in [0.25, 0.3) is 0 Å². The average molecular weight is 282 g/mol. The molecule has 0 aliphatic carbocycles. The molecule has 0 aromatic heterocycles. The van der Waals surface area contributed by atoms with Crippen LogP contribution in [-0.4, -0.2) is 44.3 Å². The fourth-order valence-corrected chi connectivity index (χ4v) is 3.89. The first kappa shape index (κ1) is 16.3. The Morgan fingerprint density at radius 1 is 1.15 bits per heavy atom. The van der Waals surface area contributed by atoms with Crippen molar-refractivity contribution in [1.29, 1.82) is 0 Å². The van der Waals surface area contributed by atoms with Gasteiger partial charge in [0.05, 0.1) is 0 Å². The van der Waals surface area contributed by atoms with Gasteiger partial charge in [-0.2, -0.15) is 0 Å². The number of nitrogens with zero attached hydrogens (tertiary/aromatic N) is 1. The van der Waals surface area contributed by atoms with Crippen molar-refractivity contribution in [2.24, 2.45) is 22.5 Å². The van der Waals surface area contributed by atoms with Gasteiger partial charge in [-0.1, -0.05) is 20.8 Å². The van der Waals surface area contributed by atoms with E-state index in [9.17, 15) is 0 Å². The zero-order valence-corrected chi connectivity index (χ0v) is 13.8. The molecule has 20 heavy (non-hydrogen) atoms. The number of rotatable bonds is 3. The van der Waals surface area contributed by atoms with E-state index in [-0.39, 0.29) is 0 Å². The number of hydrogen-bond donors (Lipinski definition) is 1. The van der Waals surface area contributed by atoms with E-state index in [1.54, 1.807) is 0 Å². The SMILES string of the molecule is CC(C)(C)C1CCCN(CC2(CN)CCOCC2)CC1. The molecule has 2 aliphatic heterocycles. The highest BCUT2D eigenvalue weighted by Crippen LogP contribution is 2.36. The summed E-state index contributed by atoms with van der Waals surface area (Å²) in [4.78, 5) is 2.68. The third-order valence-corrected chi connectivity index (χ3v) is 5.59. The standard InChI is InChI=1S/C17H34N2O/c1-16(2,3)15-5-4-9-19(10-6-15)14-17(13-18)7-11-20-12-8-17/h15H,4-14,18H2,1-3H3. The monoisotopic (exact) mass is 282 g/mol. The van der Waals surface area contributed by atoms with Crippen LogP contribution in [0.1, 0.15) is 52.9 Å². The van der Waals surface area contributed by atoms with Crippen LogP contribution in [0, 0.1) is 16.7 Å². The average Bonchev–Trinajstić information content (AvgIpc) is 2.65. The maximum Gasteiger partial charge on any atom is 0.0472 e. The molecule has 3 nitrogen and oxygen atoms in total. The van der Waals surface area contributed by atoms with Crippen molar-refractivity contribution in [3.63, 3.8) is 0 Å². The van der Waals surface area contributed by atoms with E-state index in [2.05, 4.69) is 25.7 Å². The smallest absolute Gasteiger partial charge is 0.0472 e. The lowest BCUT2D eigenvalue weighted by Crippen LogP contribution is -2.46. The molecule has 2 N–H and O–H groups in total. The highest BCUT2D eigenvalue weighted by atomic mass is 16.5. The second-order valence-electron chi connectivity index (χ2n) is 8.09. The first-order valence-corrected chi connectivity index (χ1v) is 8.45. The van der Waals surface area contributed by atoms with Crippen molar-refractivity contribution in [2.45, 2.75) is 52.9 Å². The van der Waals surface area contributed by atoms with Gasteiger partial charge < -0.3 is 15.4 Å². The van der Waals surface area contributed by atoms with Crippen LogP contribution in [0.5, 0.6) is 0 Å². The van der Waals surface area contributed by atoms with Crippen molar-refractivity contribution in [1.82, 2.24) is 4.90 Å². The molecule has 2 rings (SSSR count). The molecule has 3 heteroatoms. The van der Waals surface area contributed by atoms with Gasteiger partial charge in [0.1, 0.15) is 0 Å². The summed E-state index contributed by atoms with van der Waals surface area (Å²) in [5.74, 6) is 0.871. The van der Waals surface area contributed by atoms with Crippen LogP contribution < -0.4 is 5.73 Å². The highest BCUT2D eigenvalue weighted by molar-refractivity contribution is 4.88. The molecule has 2 fully saturated rings. The zero-order chi connectivity index (χ0) is 14.6. The third kappa shape index (κ3) is 4.19. The topological polar surface area (TPSA) is 38.5 Å². The number of hydrogen-bond acceptors (Lipinski definition) is 3. The predicted molar refractivity (Wildman–Crippen MR) is 84.8 cm³/mol. The van der Waals surface area contributed by atoms with Crippen LogP contribution in [0.4, 0.5) is 0 Å². The van der Waals surface area contributed by atoms with Crippen molar-refractivity contribution < 1.29 is 4.74 Å². The Kier molecular flexibility index (Phi) is 5.49. The second-order valence-corrected chi connectivity index (χ2v) is 8.09. The van der Waals surface area contributed by atoms with E-state index in [1.165, 1.54) is 38.9 Å². The molecule has 0 aromatic carbocycles. The molecule has 0 aromatic rings. The molecule has 0 radical (unpaired) electrons. The molecular weight excluding hydrogens is 248 g/mol. The Morgan fingerprint density at radius 2 is 1.85 bits per heavy atom. The molecule has 1 unspecified atom stereocenters. The van der Waals surface area contributed by atoms with Crippen molar-refractivity contribution >= 4 is 0 Å². The summed E-state index contributed by atoms with van der Waals surface area (Å²) in [5, 5.41) is 0. The van der Waals surface area contributed by atoms with Gasteiger partial charge >= 0.3 is 0 Å². The minimum Gasteiger partial charge on any atom is -0.381 e.